The molecule has 3 heterocycles. The van der Waals surface area contributed by atoms with Crippen LogP contribution in [0.3, 0.4) is 0 Å². The lowest BCUT2D eigenvalue weighted by atomic mass is 10.0. The smallest absolute Gasteiger partial charge is 0.220 e. The first-order valence-electron chi connectivity index (χ1n) is 9.43. The van der Waals surface area contributed by atoms with Gasteiger partial charge in [0.15, 0.2) is 0 Å². The predicted octanol–water partition coefficient (Wildman–Crippen LogP) is 3.68. The Kier molecular flexibility index (Phi) is 3.97. The molecule has 5 rings (SSSR count). The first-order chi connectivity index (χ1) is 13.7. The monoisotopic (exact) mass is 372 g/mol. The molecule has 0 radical (unpaired) electrons. The van der Waals surface area contributed by atoms with Crippen molar-refractivity contribution in [3.05, 3.63) is 55.0 Å². The van der Waals surface area contributed by atoms with Crippen LogP contribution in [0.5, 0.6) is 5.75 Å². The molecule has 2 N–H and O–H groups in total. The van der Waals surface area contributed by atoms with E-state index in [1.807, 2.05) is 25.1 Å². The van der Waals surface area contributed by atoms with Crippen LogP contribution in [0.1, 0.15) is 13.3 Å². The molecule has 28 heavy (non-hydrogen) atoms. The van der Waals surface area contributed by atoms with Crippen LogP contribution in [-0.4, -0.2) is 33.5 Å². The Bertz CT molecular complexity index is 1180. The van der Waals surface area contributed by atoms with Crippen molar-refractivity contribution in [3.8, 4) is 16.9 Å². The molecule has 0 saturated carbocycles. The number of pyridine rings is 1. The van der Waals surface area contributed by atoms with Gasteiger partial charge in [0.2, 0.25) is 5.91 Å². The molecule has 6 nitrogen and oxygen atoms in total. The number of rotatable bonds is 4. The fourth-order valence-electron chi connectivity index (χ4n) is 3.78. The largest absolute Gasteiger partial charge is 0.490 e. The summed E-state index contributed by atoms with van der Waals surface area (Å²) in [5.74, 6) is 1.05. The third-order valence-corrected chi connectivity index (χ3v) is 5.42. The Labute approximate surface area is 162 Å². The van der Waals surface area contributed by atoms with Gasteiger partial charge in [0.1, 0.15) is 11.9 Å². The standard InChI is InChI=1S/C22H20N4O2/c1-13(16-10-22(27)24-11-16)28-21-9-15(8-19-17(21)3-2-6-23-19)14-4-5-18-20(7-14)26-12-25-18/h2-9,12-13,16H,10-11H2,1H3,(H,24,27)(H,25,26)/t13-,16?/m1/s1. The number of H-pyrrole nitrogens is 1. The van der Waals surface area contributed by atoms with Crippen molar-refractivity contribution in [1.29, 1.82) is 0 Å². The maximum atomic E-state index is 11.6. The summed E-state index contributed by atoms with van der Waals surface area (Å²) in [6.07, 6.45) is 3.91. The van der Waals surface area contributed by atoms with E-state index in [2.05, 4.69) is 44.5 Å². The van der Waals surface area contributed by atoms with Crippen molar-refractivity contribution in [2.75, 3.05) is 6.54 Å². The molecule has 0 spiro atoms. The van der Waals surface area contributed by atoms with Gasteiger partial charge in [-0.2, -0.15) is 0 Å². The fourth-order valence-corrected chi connectivity index (χ4v) is 3.78. The molecule has 1 aliphatic heterocycles. The van der Waals surface area contributed by atoms with E-state index in [1.165, 1.54) is 0 Å². The Morgan fingerprint density at radius 2 is 2.00 bits per heavy atom. The van der Waals surface area contributed by atoms with Crippen LogP contribution in [0.25, 0.3) is 33.1 Å². The Morgan fingerprint density at radius 3 is 2.86 bits per heavy atom. The highest BCUT2D eigenvalue weighted by molar-refractivity contribution is 5.91. The number of aromatic amines is 1. The number of nitrogens with one attached hydrogen (secondary N) is 2. The molecular weight excluding hydrogens is 352 g/mol. The normalized spacial score (nSPS) is 17.8. The van der Waals surface area contributed by atoms with Gasteiger partial charge in [0.25, 0.3) is 0 Å². The summed E-state index contributed by atoms with van der Waals surface area (Å²) in [5, 5.41) is 3.85. The van der Waals surface area contributed by atoms with Gasteiger partial charge >= 0.3 is 0 Å². The molecular formula is C22H20N4O2. The van der Waals surface area contributed by atoms with E-state index in [0.29, 0.717) is 13.0 Å². The lowest BCUT2D eigenvalue weighted by Crippen LogP contribution is -2.25. The van der Waals surface area contributed by atoms with Crippen molar-refractivity contribution >= 4 is 27.8 Å². The molecule has 2 atom stereocenters. The summed E-state index contributed by atoms with van der Waals surface area (Å²) < 4.78 is 6.34. The van der Waals surface area contributed by atoms with E-state index in [4.69, 9.17) is 4.74 Å². The third-order valence-electron chi connectivity index (χ3n) is 5.42. The van der Waals surface area contributed by atoms with Crippen LogP contribution in [-0.2, 0) is 4.79 Å². The van der Waals surface area contributed by atoms with Gasteiger partial charge in [-0.25, -0.2) is 4.98 Å². The van der Waals surface area contributed by atoms with Crippen LogP contribution >= 0.6 is 0 Å². The zero-order valence-electron chi connectivity index (χ0n) is 15.5. The number of fused-ring (bicyclic) bond motifs is 2. The number of hydrogen-bond acceptors (Lipinski definition) is 4. The number of carbonyl (C=O) groups is 1. The number of aromatic nitrogens is 3. The van der Waals surface area contributed by atoms with Crippen molar-refractivity contribution < 1.29 is 9.53 Å². The predicted molar refractivity (Wildman–Crippen MR) is 108 cm³/mol. The molecule has 0 bridgehead atoms. The Hall–Kier alpha value is -3.41. The highest BCUT2D eigenvalue weighted by Crippen LogP contribution is 2.34. The van der Waals surface area contributed by atoms with E-state index in [1.54, 1.807) is 12.5 Å². The van der Waals surface area contributed by atoms with E-state index >= 15 is 0 Å². The minimum atomic E-state index is -0.0774. The lowest BCUT2D eigenvalue weighted by Gasteiger charge is -2.21. The van der Waals surface area contributed by atoms with E-state index in [0.717, 1.165) is 38.8 Å². The quantitative estimate of drug-likeness (QED) is 0.573. The van der Waals surface area contributed by atoms with Crippen molar-refractivity contribution in [1.82, 2.24) is 20.3 Å². The van der Waals surface area contributed by atoms with Gasteiger partial charge in [-0.05, 0) is 54.4 Å². The summed E-state index contributed by atoms with van der Waals surface area (Å²) in [5.41, 5.74) is 4.89. The number of amides is 1. The van der Waals surface area contributed by atoms with Crippen LogP contribution in [0.15, 0.2) is 55.0 Å². The van der Waals surface area contributed by atoms with Gasteiger partial charge in [-0.15, -0.1) is 0 Å². The minimum absolute atomic E-state index is 0.0774. The first-order valence-corrected chi connectivity index (χ1v) is 9.43. The maximum Gasteiger partial charge on any atom is 0.220 e. The van der Waals surface area contributed by atoms with Gasteiger partial charge in [0.05, 0.1) is 22.9 Å². The summed E-state index contributed by atoms with van der Waals surface area (Å²) in [7, 11) is 0. The number of nitrogens with zero attached hydrogens (tertiary/aromatic N) is 2. The zero-order valence-corrected chi connectivity index (χ0v) is 15.5. The molecule has 2 aromatic carbocycles. The first kappa shape index (κ1) is 16.7. The third kappa shape index (κ3) is 2.97. The summed E-state index contributed by atoms with van der Waals surface area (Å²) in [6, 6.07) is 14.2. The van der Waals surface area contributed by atoms with Crippen LogP contribution < -0.4 is 10.1 Å². The molecule has 1 unspecified atom stereocenters. The molecule has 140 valence electrons. The highest BCUT2D eigenvalue weighted by Gasteiger charge is 2.28. The number of carbonyl (C=O) groups excluding carboxylic acids is 1. The minimum Gasteiger partial charge on any atom is -0.490 e. The number of benzene rings is 2. The second-order valence-electron chi connectivity index (χ2n) is 7.27. The molecule has 1 saturated heterocycles. The van der Waals surface area contributed by atoms with Crippen molar-refractivity contribution in [2.45, 2.75) is 19.4 Å². The maximum absolute atomic E-state index is 11.6. The summed E-state index contributed by atoms with van der Waals surface area (Å²) >= 11 is 0. The molecule has 6 heteroatoms. The molecule has 4 aromatic rings. The average Bonchev–Trinajstić information content (AvgIpc) is 3.36. The average molecular weight is 372 g/mol. The molecule has 1 aliphatic rings. The van der Waals surface area contributed by atoms with Crippen molar-refractivity contribution in [3.63, 3.8) is 0 Å². The van der Waals surface area contributed by atoms with E-state index < -0.39 is 0 Å². The summed E-state index contributed by atoms with van der Waals surface area (Å²) in [6.45, 7) is 2.68. The topological polar surface area (TPSA) is 79.9 Å². The SMILES string of the molecule is C[C@@H](Oc1cc(-c2ccc3[nH]cnc3c2)cc2ncccc12)C1CNC(=O)C1. The lowest BCUT2D eigenvalue weighted by molar-refractivity contribution is -0.119. The number of imidazole rings is 1. The van der Waals surface area contributed by atoms with E-state index in [-0.39, 0.29) is 17.9 Å². The molecule has 0 aliphatic carbocycles. The van der Waals surface area contributed by atoms with E-state index in [9.17, 15) is 4.79 Å². The van der Waals surface area contributed by atoms with Crippen LogP contribution in [0.2, 0.25) is 0 Å². The Balaban J connectivity index is 1.56. The van der Waals surface area contributed by atoms with Gasteiger partial charge < -0.3 is 15.0 Å². The molecule has 2 aromatic heterocycles. The Morgan fingerprint density at radius 1 is 1.11 bits per heavy atom. The number of ether oxygens (including phenoxy) is 1. The van der Waals surface area contributed by atoms with Crippen LogP contribution in [0, 0.1) is 5.92 Å². The summed E-state index contributed by atoms with van der Waals surface area (Å²) in [4.78, 5) is 23.6. The number of hydrogen-bond donors (Lipinski definition) is 2. The fraction of sp³-hybridized carbons (Fsp3) is 0.227. The van der Waals surface area contributed by atoms with Gasteiger partial charge in [0, 0.05) is 30.5 Å². The molecule has 1 fully saturated rings. The van der Waals surface area contributed by atoms with Gasteiger partial charge in [-0.1, -0.05) is 6.07 Å². The zero-order chi connectivity index (χ0) is 19.1. The van der Waals surface area contributed by atoms with Gasteiger partial charge in [-0.3, -0.25) is 9.78 Å². The van der Waals surface area contributed by atoms with Crippen LogP contribution in [0.4, 0.5) is 0 Å². The second kappa shape index (κ2) is 6.64. The second-order valence-corrected chi connectivity index (χ2v) is 7.27. The molecule has 1 amide bonds. The highest BCUT2D eigenvalue weighted by atomic mass is 16.5. The van der Waals surface area contributed by atoms with Crippen molar-refractivity contribution in [2.24, 2.45) is 5.92 Å².